The van der Waals surface area contributed by atoms with Gasteiger partial charge in [-0.15, -0.1) is 0 Å². The molecule has 2 aliphatic rings. The molecule has 2 saturated heterocycles. The Morgan fingerprint density at radius 2 is 1.94 bits per heavy atom. The van der Waals surface area contributed by atoms with Gasteiger partial charge in [0, 0.05) is 32.3 Å². The zero-order valence-corrected chi connectivity index (χ0v) is 17.5. The average Bonchev–Trinajstić information content (AvgIpc) is 3.50. The van der Waals surface area contributed by atoms with Gasteiger partial charge in [-0.2, -0.15) is 0 Å². The van der Waals surface area contributed by atoms with E-state index in [1.165, 1.54) is 17.2 Å². The summed E-state index contributed by atoms with van der Waals surface area (Å²) in [7, 11) is 1.61. The van der Waals surface area contributed by atoms with Crippen LogP contribution in [0.25, 0.3) is 22.8 Å². The Labute approximate surface area is 186 Å². The van der Waals surface area contributed by atoms with Gasteiger partial charge in [-0.05, 0) is 18.2 Å². The summed E-state index contributed by atoms with van der Waals surface area (Å²) in [6.45, 7) is -0.389. The van der Waals surface area contributed by atoms with Crippen LogP contribution in [0.3, 0.4) is 0 Å². The minimum Gasteiger partial charge on any atom is -0.373 e. The third kappa shape index (κ3) is 3.80. The maximum Gasteiger partial charge on any atom is 0.292 e. The summed E-state index contributed by atoms with van der Waals surface area (Å²) in [5.74, 6) is -3.38. The van der Waals surface area contributed by atoms with Crippen molar-refractivity contribution in [3.05, 3.63) is 42.3 Å². The van der Waals surface area contributed by atoms with Gasteiger partial charge < -0.3 is 24.6 Å². The summed E-state index contributed by atoms with van der Waals surface area (Å²) in [5.41, 5.74) is -0.137. The van der Waals surface area contributed by atoms with Gasteiger partial charge >= 0.3 is 0 Å². The zero-order valence-electron chi connectivity index (χ0n) is 17.5. The van der Waals surface area contributed by atoms with Crippen LogP contribution in [0.1, 0.15) is 12.2 Å². The Morgan fingerprint density at radius 3 is 2.64 bits per heavy atom. The molecule has 0 spiro atoms. The fraction of sp³-hybridized carbons (Fsp3) is 0.381. The van der Waals surface area contributed by atoms with Crippen molar-refractivity contribution in [1.29, 1.82) is 0 Å². The molecule has 5 heterocycles. The molecule has 2 fully saturated rings. The van der Waals surface area contributed by atoms with E-state index in [-0.39, 0.29) is 24.7 Å². The van der Waals surface area contributed by atoms with Crippen molar-refractivity contribution >= 4 is 11.9 Å². The highest BCUT2D eigenvalue weighted by molar-refractivity contribution is 5.87. The minimum atomic E-state index is -3.01. The number of aromatic nitrogens is 4. The first-order valence-electron chi connectivity index (χ1n) is 10.2. The van der Waals surface area contributed by atoms with Gasteiger partial charge in [0.1, 0.15) is 18.3 Å². The molecular formula is C21H20F2N6O4. The fourth-order valence-corrected chi connectivity index (χ4v) is 3.80. The highest BCUT2D eigenvalue weighted by Crippen LogP contribution is 2.34. The van der Waals surface area contributed by atoms with Crippen LogP contribution in [-0.4, -0.2) is 74.8 Å². The van der Waals surface area contributed by atoms with Gasteiger partial charge in [-0.25, -0.2) is 23.7 Å². The number of anilines is 1. The zero-order chi connectivity index (χ0) is 23.2. The number of carbonyl (C=O) groups excluding carboxylic acids is 1. The van der Waals surface area contributed by atoms with E-state index in [0.29, 0.717) is 29.3 Å². The maximum atomic E-state index is 13.8. The number of halogens is 2. The Hall–Kier alpha value is -3.51. The van der Waals surface area contributed by atoms with E-state index in [1.807, 2.05) is 0 Å². The number of hydrogen-bond acceptors (Lipinski definition) is 9. The van der Waals surface area contributed by atoms with Gasteiger partial charge in [-0.3, -0.25) is 4.79 Å². The SMILES string of the molecule is CN1CC[C@@](O)(c2cc(-c3cccc(-c4ccnc(NC5COCC5(F)F)n4)n3)no2)C1=O. The molecule has 12 heteroatoms. The molecule has 1 amide bonds. The smallest absolute Gasteiger partial charge is 0.292 e. The standard InChI is InChI=1S/C21H20F2N6O4/c1-29-8-6-20(31,18(29)30)17-9-15(28-33-17)13-4-2-3-12(25-13)14-5-7-24-19(26-14)27-16-10-32-11-21(16,22)23/h2-5,7,9,16,31H,6,8,10-11H2,1H3,(H,24,26,27)/t16?,20-/m1/s1. The Morgan fingerprint density at radius 1 is 1.18 bits per heavy atom. The predicted molar refractivity (Wildman–Crippen MR) is 110 cm³/mol. The van der Waals surface area contributed by atoms with Crippen LogP contribution in [0.15, 0.2) is 41.1 Å². The van der Waals surface area contributed by atoms with Crippen LogP contribution < -0.4 is 5.32 Å². The van der Waals surface area contributed by atoms with Crippen LogP contribution in [0.4, 0.5) is 14.7 Å². The van der Waals surface area contributed by atoms with Gasteiger partial charge in [0.25, 0.3) is 11.8 Å². The van der Waals surface area contributed by atoms with E-state index in [1.54, 1.807) is 31.3 Å². The highest BCUT2D eigenvalue weighted by atomic mass is 19.3. The first-order valence-corrected chi connectivity index (χ1v) is 10.2. The molecule has 1 unspecified atom stereocenters. The average molecular weight is 458 g/mol. The first kappa shape index (κ1) is 21.3. The molecule has 33 heavy (non-hydrogen) atoms. The van der Waals surface area contributed by atoms with Crippen molar-refractivity contribution in [1.82, 2.24) is 25.0 Å². The van der Waals surface area contributed by atoms with Gasteiger partial charge in [0.2, 0.25) is 11.5 Å². The molecule has 2 N–H and O–H groups in total. The molecule has 0 radical (unpaired) electrons. The molecule has 2 aliphatic heterocycles. The van der Waals surface area contributed by atoms with Crippen molar-refractivity contribution in [3.63, 3.8) is 0 Å². The summed E-state index contributed by atoms with van der Waals surface area (Å²) in [5, 5.41) is 17.3. The lowest BCUT2D eigenvalue weighted by Crippen LogP contribution is -2.38. The number of carbonyl (C=O) groups is 1. The number of nitrogens with one attached hydrogen (secondary N) is 1. The fourth-order valence-electron chi connectivity index (χ4n) is 3.80. The summed E-state index contributed by atoms with van der Waals surface area (Å²) in [6, 6.07) is 6.98. The Balaban J connectivity index is 1.40. The highest BCUT2D eigenvalue weighted by Gasteiger charge is 2.48. The number of aliphatic hydroxyl groups is 1. The maximum absolute atomic E-state index is 13.8. The number of amides is 1. The lowest BCUT2D eigenvalue weighted by Gasteiger charge is -2.18. The summed E-state index contributed by atoms with van der Waals surface area (Å²) < 4.78 is 37.8. The van der Waals surface area contributed by atoms with Gasteiger partial charge in [0.15, 0.2) is 5.76 Å². The lowest BCUT2D eigenvalue weighted by molar-refractivity contribution is -0.144. The molecule has 0 aliphatic carbocycles. The largest absolute Gasteiger partial charge is 0.373 e. The van der Waals surface area contributed by atoms with E-state index < -0.39 is 30.1 Å². The second-order valence-corrected chi connectivity index (χ2v) is 8.06. The number of alkyl halides is 2. The minimum absolute atomic E-state index is 0.0321. The number of hydrogen-bond donors (Lipinski definition) is 2. The summed E-state index contributed by atoms with van der Waals surface area (Å²) in [6.07, 6.45) is 1.64. The second kappa shape index (κ2) is 7.81. The van der Waals surface area contributed by atoms with Crippen molar-refractivity contribution in [2.24, 2.45) is 0 Å². The molecule has 172 valence electrons. The number of pyridine rings is 1. The van der Waals surface area contributed by atoms with Gasteiger partial charge in [-0.1, -0.05) is 11.2 Å². The molecule has 10 nitrogen and oxygen atoms in total. The van der Waals surface area contributed by atoms with Crippen LogP contribution in [0, 0.1) is 0 Å². The molecule has 2 atom stereocenters. The summed E-state index contributed by atoms with van der Waals surface area (Å²) in [4.78, 5) is 26.6. The van der Waals surface area contributed by atoms with Crippen LogP contribution in [0.5, 0.6) is 0 Å². The van der Waals surface area contributed by atoms with Crippen LogP contribution >= 0.6 is 0 Å². The topological polar surface area (TPSA) is 126 Å². The third-order valence-electron chi connectivity index (χ3n) is 5.75. The van der Waals surface area contributed by atoms with Crippen molar-refractivity contribution in [2.45, 2.75) is 24.0 Å². The van der Waals surface area contributed by atoms with Crippen molar-refractivity contribution in [3.8, 4) is 22.8 Å². The number of likely N-dealkylation sites (tertiary alicyclic amines) is 1. The molecule has 0 saturated carbocycles. The van der Waals surface area contributed by atoms with E-state index in [2.05, 4.69) is 25.4 Å². The molecular weight excluding hydrogens is 438 g/mol. The number of nitrogens with zero attached hydrogens (tertiary/aromatic N) is 5. The molecule has 5 rings (SSSR count). The number of likely N-dealkylation sites (N-methyl/N-ethyl adjacent to an activating group) is 1. The molecule has 0 aromatic carbocycles. The van der Waals surface area contributed by atoms with Crippen molar-refractivity contribution < 1.29 is 27.9 Å². The molecule has 0 bridgehead atoms. The van der Waals surface area contributed by atoms with Crippen molar-refractivity contribution in [2.75, 3.05) is 32.1 Å². The normalized spacial score (nSPS) is 24.4. The quantitative estimate of drug-likeness (QED) is 0.587. The van der Waals surface area contributed by atoms with E-state index >= 15 is 0 Å². The molecule has 3 aromatic rings. The third-order valence-corrected chi connectivity index (χ3v) is 5.75. The predicted octanol–water partition coefficient (Wildman–Crippen LogP) is 1.69. The molecule has 3 aromatic heterocycles. The second-order valence-electron chi connectivity index (χ2n) is 8.06. The Bertz CT molecular complexity index is 1200. The summed E-state index contributed by atoms with van der Waals surface area (Å²) >= 11 is 0. The van der Waals surface area contributed by atoms with Crippen LogP contribution in [-0.2, 0) is 15.1 Å². The number of rotatable bonds is 5. The lowest BCUT2D eigenvalue weighted by atomic mass is 9.98. The van der Waals surface area contributed by atoms with Crippen LogP contribution in [0.2, 0.25) is 0 Å². The first-order chi connectivity index (χ1) is 15.8. The van der Waals surface area contributed by atoms with Gasteiger partial charge in [0.05, 0.1) is 23.7 Å². The monoisotopic (exact) mass is 458 g/mol. The number of ether oxygens (including phenoxy) is 1. The van der Waals surface area contributed by atoms with E-state index in [4.69, 9.17) is 9.26 Å². The van der Waals surface area contributed by atoms with E-state index in [9.17, 15) is 18.7 Å². The Kier molecular flexibility index (Phi) is 5.05. The van der Waals surface area contributed by atoms with E-state index in [0.717, 1.165) is 0 Å².